The molecule has 0 heterocycles. The van der Waals surface area contributed by atoms with Crippen LogP contribution < -0.4 is 5.32 Å². The molecule has 0 aliphatic heterocycles. The molecule has 1 N–H and O–H groups in total. The average molecular weight is 284 g/mol. The van der Waals surface area contributed by atoms with Crippen molar-refractivity contribution in [3.63, 3.8) is 0 Å². The van der Waals surface area contributed by atoms with Gasteiger partial charge in [0.05, 0.1) is 0 Å². The fraction of sp³-hybridized carbons (Fsp3) is 1.00. The van der Waals surface area contributed by atoms with Crippen LogP contribution in [0, 0.1) is 11.3 Å². The summed E-state index contributed by atoms with van der Waals surface area (Å²) in [4.78, 5) is 0. The van der Waals surface area contributed by atoms with Gasteiger partial charge in [-0.25, -0.2) is 0 Å². The van der Waals surface area contributed by atoms with E-state index in [2.05, 4.69) is 39.9 Å². The third kappa shape index (κ3) is 11.8. The Morgan fingerprint density at radius 3 is 1.65 bits per heavy atom. The third-order valence-electron chi connectivity index (χ3n) is 4.85. The van der Waals surface area contributed by atoms with Crippen LogP contribution in [-0.2, 0) is 0 Å². The first-order valence-corrected chi connectivity index (χ1v) is 9.21. The van der Waals surface area contributed by atoms with Crippen LogP contribution in [0.1, 0.15) is 98.8 Å². The first kappa shape index (κ1) is 20.0. The summed E-state index contributed by atoms with van der Waals surface area (Å²) in [6, 6.07) is 0. The highest BCUT2D eigenvalue weighted by molar-refractivity contribution is 4.74. The van der Waals surface area contributed by atoms with E-state index in [-0.39, 0.29) is 0 Å². The average Bonchev–Trinajstić information content (AvgIpc) is 2.39. The highest BCUT2D eigenvalue weighted by Gasteiger charge is 2.21. The Morgan fingerprint density at radius 1 is 0.750 bits per heavy atom. The molecular formula is C19H41N. The molecule has 0 bridgehead atoms. The van der Waals surface area contributed by atoms with Gasteiger partial charge in [-0.3, -0.25) is 0 Å². The lowest BCUT2D eigenvalue weighted by molar-refractivity contribution is 0.238. The summed E-state index contributed by atoms with van der Waals surface area (Å²) in [5.74, 6) is 0.753. The maximum Gasteiger partial charge on any atom is 0.000496 e. The van der Waals surface area contributed by atoms with Gasteiger partial charge < -0.3 is 5.32 Å². The first-order chi connectivity index (χ1) is 9.50. The first-order valence-electron chi connectivity index (χ1n) is 9.21. The molecular weight excluding hydrogens is 242 g/mol. The fourth-order valence-corrected chi connectivity index (χ4v) is 2.35. The zero-order valence-electron chi connectivity index (χ0n) is 15.1. The molecule has 0 aromatic rings. The zero-order chi connectivity index (χ0) is 15.3. The second kappa shape index (κ2) is 12.7. The van der Waals surface area contributed by atoms with Crippen molar-refractivity contribution in [2.75, 3.05) is 13.1 Å². The highest BCUT2D eigenvalue weighted by Crippen LogP contribution is 2.24. The number of rotatable bonds is 14. The van der Waals surface area contributed by atoms with Gasteiger partial charge in [0.25, 0.3) is 0 Å². The minimum atomic E-state index is 0.429. The van der Waals surface area contributed by atoms with Crippen molar-refractivity contribution < 1.29 is 0 Å². The van der Waals surface area contributed by atoms with E-state index in [4.69, 9.17) is 0 Å². The molecule has 0 aromatic heterocycles. The van der Waals surface area contributed by atoms with Gasteiger partial charge in [-0.1, -0.05) is 92.4 Å². The minimum Gasteiger partial charge on any atom is -0.316 e. The lowest BCUT2D eigenvalue weighted by Gasteiger charge is -2.29. The van der Waals surface area contributed by atoms with Gasteiger partial charge in [-0.15, -0.1) is 0 Å². The molecule has 1 nitrogen and oxygen atoms in total. The molecule has 0 aromatic carbocycles. The predicted molar refractivity (Wildman–Crippen MR) is 93.3 cm³/mol. The number of unbranched alkanes of at least 4 members (excludes halogenated alkanes) is 9. The Morgan fingerprint density at radius 2 is 1.20 bits per heavy atom. The minimum absolute atomic E-state index is 0.429. The molecule has 0 aliphatic carbocycles. The maximum atomic E-state index is 3.63. The molecule has 20 heavy (non-hydrogen) atoms. The van der Waals surface area contributed by atoms with E-state index in [1.807, 2.05) is 0 Å². The van der Waals surface area contributed by atoms with Crippen molar-refractivity contribution in [1.82, 2.24) is 5.32 Å². The predicted octanol–water partition coefficient (Wildman–Crippen LogP) is 6.18. The third-order valence-corrected chi connectivity index (χ3v) is 4.85. The van der Waals surface area contributed by atoms with Crippen LogP contribution in [0.15, 0.2) is 0 Å². The Kier molecular flexibility index (Phi) is 12.7. The standard InChI is InChI=1S/C19H41N/c1-6-7-8-9-10-11-12-13-14-15-16-20-17-19(4,5)18(2)3/h18,20H,6-17H2,1-5H3. The summed E-state index contributed by atoms with van der Waals surface area (Å²) in [5.41, 5.74) is 0.429. The summed E-state index contributed by atoms with van der Waals surface area (Å²) in [7, 11) is 0. The monoisotopic (exact) mass is 283 g/mol. The number of hydrogen-bond acceptors (Lipinski definition) is 1. The van der Waals surface area contributed by atoms with E-state index in [1.165, 1.54) is 70.8 Å². The molecule has 0 saturated heterocycles. The smallest absolute Gasteiger partial charge is 0.000496 e. The molecule has 122 valence electrons. The second-order valence-electron chi connectivity index (χ2n) is 7.50. The van der Waals surface area contributed by atoms with Gasteiger partial charge in [0.15, 0.2) is 0 Å². The second-order valence-corrected chi connectivity index (χ2v) is 7.50. The molecule has 0 saturated carbocycles. The van der Waals surface area contributed by atoms with Crippen molar-refractivity contribution in [2.24, 2.45) is 11.3 Å². The molecule has 0 atom stereocenters. The van der Waals surface area contributed by atoms with Gasteiger partial charge in [0.2, 0.25) is 0 Å². The highest BCUT2D eigenvalue weighted by atomic mass is 14.9. The Bertz CT molecular complexity index is 196. The Balaban J connectivity index is 3.17. The van der Waals surface area contributed by atoms with Crippen molar-refractivity contribution in [3.8, 4) is 0 Å². The maximum absolute atomic E-state index is 3.63. The van der Waals surface area contributed by atoms with Gasteiger partial charge in [-0.2, -0.15) is 0 Å². The van der Waals surface area contributed by atoms with E-state index >= 15 is 0 Å². The molecule has 1 heteroatoms. The molecule has 0 aliphatic rings. The van der Waals surface area contributed by atoms with Crippen LogP contribution in [-0.4, -0.2) is 13.1 Å². The Labute approximate surface area is 129 Å². The quantitative estimate of drug-likeness (QED) is 0.375. The van der Waals surface area contributed by atoms with Crippen LogP contribution >= 0.6 is 0 Å². The van der Waals surface area contributed by atoms with Crippen LogP contribution in [0.25, 0.3) is 0 Å². The molecule has 0 rings (SSSR count). The van der Waals surface area contributed by atoms with E-state index in [9.17, 15) is 0 Å². The van der Waals surface area contributed by atoms with Gasteiger partial charge >= 0.3 is 0 Å². The van der Waals surface area contributed by atoms with E-state index in [1.54, 1.807) is 0 Å². The van der Waals surface area contributed by atoms with Crippen LogP contribution in [0.4, 0.5) is 0 Å². The zero-order valence-corrected chi connectivity index (χ0v) is 15.1. The van der Waals surface area contributed by atoms with E-state index < -0.39 is 0 Å². The normalized spacial score (nSPS) is 12.3. The summed E-state index contributed by atoms with van der Waals surface area (Å²) in [6.07, 6.45) is 14.3. The van der Waals surface area contributed by atoms with Crippen LogP contribution in [0.2, 0.25) is 0 Å². The SMILES string of the molecule is CCCCCCCCCCCCNCC(C)(C)C(C)C. The van der Waals surface area contributed by atoms with Crippen LogP contribution in [0.5, 0.6) is 0 Å². The lowest BCUT2D eigenvalue weighted by atomic mass is 9.81. The summed E-state index contributed by atoms with van der Waals surface area (Å²) < 4.78 is 0. The summed E-state index contributed by atoms with van der Waals surface area (Å²) in [5, 5.41) is 3.63. The van der Waals surface area contributed by atoms with Gasteiger partial charge in [-0.05, 0) is 24.3 Å². The van der Waals surface area contributed by atoms with Crippen molar-refractivity contribution in [2.45, 2.75) is 98.8 Å². The van der Waals surface area contributed by atoms with Crippen molar-refractivity contribution in [3.05, 3.63) is 0 Å². The molecule has 0 radical (unpaired) electrons. The fourth-order valence-electron chi connectivity index (χ4n) is 2.35. The Hall–Kier alpha value is -0.0400. The molecule has 0 unspecified atom stereocenters. The van der Waals surface area contributed by atoms with Crippen molar-refractivity contribution in [1.29, 1.82) is 0 Å². The van der Waals surface area contributed by atoms with Gasteiger partial charge in [0.1, 0.15) is 0 Å². The topological polar surface area (TPSA) is 12.0 Å². The van der Waals surface area contributed by atoms with Crippen LogP contribution in [0.3, 0.4) is 0 Å². The van der Waals surface area contributed by atoms with E-state index in [0.29, 0.717) is 5.41 Å². The molecule has 0 fully saturated rings. The summed E-state index contributed by atoms with van der Waals surface area (Å²) in [6.45, 7) is 14.0. The van der Waals surface area contributed by atoms with Crippen molar-refractivity contribution >= 4 is 0 Å². The van der Waals surface area contributed by atoms with E-state index in [0.717, 1.165) is 12.5 Å². The summed E-state index contributed by atoms with van der Waals surface area (Å²) >= 11 is 0. The van der Waals surface area contributed by atoms with Gasteiger partial charge in [0, 0.05) is 6.54 Å². The lowest BCUT2D eigenvalue weighted by Crippen LogP contribution is -2.33. The number of hydrogen-bond donors (Lipinski definition) is 1. The molecule has 0 amide bonds. The number of nitrogens with one attached hydrogen (secondary N) is 1. The largest absolute Gasteiger partial charge is 0.316 e. The molecule has 0 spiro atoms.